The summed E-state index contributed by atoms with van der Waals surface area (Å²) in [6, 6.07) is 13.8. The second kappa shape index (κ2) is 8.29. The Labute approximate surface area is 135 Å². The van der Waals surface area contributed by atoms with Crippen LogP contribution in [0.1, 0.15) is 17.2 Å². The fourth-order valence-corrected chi connectivity index (χ4v) is 2.23. The number of methoxy groups -OCH3 is 1. The molecule has 2 aromatic rings. The molecule has 0 aliphatic carbocycles. The molecule has 1 atom stereocenters. The summed E-state index contributed by atoms with van der Waals surface area (Å²) < 4.78 is 24.0. The zero-order valence-electron chi connectivity index (χ0n) is 13.2. The molecule has 0 bridgehead atoms. The fraction of sp³-hybridized carbons (Fsp3) is 0.278. The lowest BCUT2D eigenvalue weighted by molar-refractivity contribution is -0.123. The first kappa shape index (κ1) is 17.0. The number of carbonyl (C=O) groups is 1. The van der Waals surface area contributed by atoms with Crippen LogP contribution in [0, 0.1) is 12.7 Å². The predicted octanol–water partition coefficient (Wildman–Crippen LogP) is 3.02. The Balaban J connectivity index is 1.86. The third kappa shape index (κ3) is 4.79. The van der Waals surface area contributed by atoms with Crippen LogP contribution in [0.4, 0.5) is 4.39 Å². The molecule has 5 heteroatoms. The lowest BCUT2D eigenvalue weighted by atomic mass is 10.0. The second-order valence-electron chi connectivity index (χ2n) is 5.10. The van der Waals surface area contributed by atoms with Crippen LogP contribution < -0.4 is 10.1 Å². The highest BCUT2D eigenvalue weighted by Gasteiger charge is 2.14. The number of amides is 1. The van der Waals surface area contributed by atoms with Crippen LogP contribution >= 0.6 is 0 Å². The van der Waals surface area contributed by atoms with E-state index < -0.39 is 5.82 Å². The molecule has 2 aromatic carbocycles. The van der Waals surface area contributed by atoms with Crippen molar-refractivity contribution >= 4 is 5.91 Å². The minimum atomic E-state index is -0.491. The van der Waals surface area contributed by atoms with Crippen molar-refractivity contribution in [2.45, 2.75) is 13.0 Å². The van der Waals surface area contributed by atoms with Crippen molar-refractivity contribution in [3.05, 3.63) is 65.5 Å². The van der Waals surface area contributed by atoms with E-state index in [0.29, 0.717) is 6.54 Å². The van der Waals surface area contributed by atoms with Crippen LogP contribution in [0.15, 0.2) is 48.5 Å². The monoisotopic (exact) mass is 317 g/mol. The zero-order chi connectivity index (χ0) is 16.7. The number of hydrogen-bond donors (Lipinski definition) is 1. The molecule has 122 valence electrons. The molecule has 4 nitrogen and oxygen atoms in total. The van der Waals surface area contributed by atoms with Crippen molar-refractivity contribution in [3.8, 4) is 5.75 Å². The molecule has 0 fully saturated rings. The molecule has 0 saturated heterocycles. The third-order valence-corrected chi connectivity index (χ3v) is 3.50. The fourth-order valence-electron chi connectivity index (χ4n) is 2.23. The quantitative estimate of drug-likeness (QED) is 0.854. The number of aryl methyl sites for hydroxylation is 1. The molecule has 0 heterocycles. The molecule has 2 rings (SSSR count). The van der Waals surface area contributed by atoms with E-state index >= 15 is 0 Å². The maximum atomic E-state index is 13.4. The summed E-state index contributed by atoms with van der Waals surface area (Å²) in [5.41, 5.74) is 2.11. The van der Waals surface area contributed by atoms with Gasteiger partial charge in [0.25, 0.3) is 5.91 Å². The molecule has 0 aliphatic rings. The molecule has 0 spiro atoms. The van der Waals surface area contributed by atoms with E-state index in [1.54, 1.807) is 19.2 Å². The Morgan fingerprint density at radius 2 is 1.87 bits per heavy atom. The molecule has 1 amide bonds. The van der Waals surface area contributed by atoms with Crippen LogP contribution in [0.5, 0.6) is 5.75 Å². The van der Waals surface area contributed by atoms with E-state index in [1.807, 2.05) is 31.2 Å². The zero-order valence-corrected chi connectivity index (χ0v) is 13.2. The van der Waals surface area contributed by atoms with Gasteiger partial charge in [0.15, 0.2) is 18.2 Å². The largest absolute Gasteiger partial charge is 0.481 e. The van der Waals surface area contributed by atoms with Gasteiger partial charge in [0.1, 0.15) is 0 Å². The van der Waals surface area contributed by atoms with Crippen molar-refractivity contribution in [3.63, 3.8) is 0 Å². The highest BCUT2D eigenvalue weighted by Crippen LogP contribution is 2.19. The van der Waals surface area contributed by atoms with Crippen LogP contribution in [-0.4, -0.2) is 26.2 Å². The van der Waals surface area contributed by atoms with Gasteiger partial charge in [0, 0.05) is 13.7 Å². The minimum Gasteiger partial charge on any atom is -0.481 e. The van der Waals surface area contributed by atoms with E-state index in [0.717, 1.165) is 11.1 Å². The Kier molecular flexibility index (Phi) is 6.11. The summed E-state index contributed by atoms with van der Waals surface area (Å²) in [4.78, 5) is 11.9. The van der Waals surface area contributed by atoms with Crippen molar-refractivity contribution < 1.29 is 18.7 Å². The lowest BCUT2D eigenvalue weighted by Crippen LogP contribution is -2.33. The predicted molar refractivity (Wildman–Crippen MR) is 85.8 cm³/mol. The van der Waals surface area contributed by atoms with Gasteiger partial charge in [-0.1, -0.05) is 36.4 Å². The average molecular weight is 317 g/mol. The van der Waals surface area contributed by atoms with Gasteiger partial charge < -0.3 is 14.8 Å². The molecular formula is C18H20FNO3. The lowest BCUT2D eigenvalue weighted by Gasteiger charge is -2.18. The number of para-hydroxylation sites is 1. The summed E-state index contributed by atoms with van der Waals surface area (Å²) >= 11 is 0. The van der Waals surface area contributed by atoms with Crippen LogP contribution in [0.25, 0.3) is 0 Å². The standard InChI is InChI=1S/C18H20FNO3/c1-13-7-3-4-8-14(13)17(22-2)11-20-18(21)12-23-16-10-6-5-9-15(16)19/h3-10,17H,11-12H2,1-2H3,(H,20,21). The van der Waals surface area contributed by atoms with Crippen LogP contribution in [-0.2, 0) is 9.53 Å². The van der Waals surface area contributed by atoms with Gasteiger partial charge in [0.2, 0.25) is 0 Å². The summed E-state index contributed by atoms with van der Waals surface area (Å²) in [6.45, 7) is 2.07. The van der Waals surface area contributed by atoms with Crippen molar-refractivity contribution in [1.29, 1.82) is 0 Å². The number of ether oxygens (including phenoxy) is 2. The average Bonchev–Trinajstić information content (AvgIpc) is 2.56. The second-order valence-corrected chi connectivity index (χ2v) is 5.10. The highest BCUT2D eigenvalue weighted by molar-refractivity contribution is 5.77. The molecular weight excluding hydrogens is 297 g/mol. The van der Waals surface area contributed by atoms with Gasteiger partial charge in [-0.15, -0.1) is 0 Å². The van der Waals surface area contributed by atoms with Gasteiger partial charge in [-0.25, -0.2) is 4.39 Å². The Morgan fingerprint density at radius 1 is 1.17 bits per heavy atom. The van der Waals surface area contributed by atoms with E-state index in [1.165, 1.54) is 12.1 Å². The smallest absolute Gasteiger partial charge is 0.258 e. The molecule has 0 aromatic heterocycles. The number of benzene rings is 2. The molecule has 23 heavy (non-hydrogen) atoms. The van der Waals surface area contributed by atoms with Crippen molar-refractivity contribution in [1.82, 2.24) is 5.32 Å². The van der Waals surface area contributed by atoms with E-state index in [-0.39, 0.29) is 24.4 Å². The first-order chi connectivity index (χ1) is 11.1. The number of carbonyl (C=O) groups excluding carboxylic acids is 1. The normalized spacial score (nSPS) is 11.8. The topological polar surface area (TPSA) is 47.6 Å². The SMILES string of the molecule is COC(CNC(=O)COc1ccccc1F)c1ccccc1C. The first-order valence-electron chi connectivity index (χ1n) is 7.34. The molecule has 0 radical (unpaired) electrons. The third-order valence-electron chi connectivity index (χ3n) is 3.50. The van der Waals surface area contributed by atoms with E-state index in [2.05, 4.69) is 5.32 Å². The Morgan fingerprint density at radius 3 is 2.57 bits per heavy atom. The Bertz CT molecular complexity index is 660. The van der Waals surface area contributed by atoms with Gasteiger partial charge in [-0.3, -0.25) is 4.79 Å². The maximum absolute atomic E-state index is 13.4. The number of nitrogens with one attached hydrogen (secondary N) is 1. The summed E-state index contributed by atoms with van der Waals surface area (Å²) in [6.07, 6.45) is -0.242. The first-order valence-corrected chi connectivity index (χ1v) is 7.34. The molecule has 1 unspecified atom stereocenters. The molecule has 0 saturated carbocycles. The summed E-state index contributed by atoms with van der Waals surface area (Å²) in [7, 11) is 1.60. The number of hydrogen-bond acceptors (Lipinski definition) is 3. The summed E-state index contributed by atoms with van der Waals surface area (Å²) in [5, 5.41) is 2.74. The van der Waals surface area contributed by atoms with Gasteiger partial charge in [-0.05, 0) is 30.2 Å². The minimum absolute atomic E-state index is 0.0600. The molecule has 0 aliphatic heterocycles. The van der Waals surface area contributed by atoms with Crippen LogP contribution in [0.3, 0.4) is 0 Å². The van der Waals surface area contributed by atoms with Crippen LogP contribution in [0.2, 0.25) is 0 Å². The Hall–Kier alpha value is -2.40. The van der Waals surface area contributed by atoms with Crippen molar-refractivity contribution in [2.75, 3.05) is 20.3 Å². The number of halogens is 1. The van der Waals surface area contributed by atoms with Gasteiger partial charge in [-0.2, -0.15) is 0 Å². The van der Waals surface area contributed by atoms with Gasteiger partial charge >= 0.3 is 0 Å². The van der Waals surface area contributed by atoms with Crippen molar-refractivity contribution in [2.24, 2.45) is 0 Å². The van der Waals surface area contributed by atoms with Gasteiger partial charge in [0.05, 0.1) is 6.10 Å². The van der Waals surface area contributed by atoms with E-state index in [9.17, 15) is 9.18 Å². The summed E-state index contributed by atoms with van der Waals surface area (Å²) in [5.74, 6) is -0.760. The maximum Gasteiger partial charge on any atom is 0.258 e. The van der Waals surface area contributed by atoms with E-state index in [4.69, 9.17) is 9.47 Å². The number of rotatable bonds is 7. The highest BCUT2D eigenvalue weighted by atomic mass is 19.1. The molecule has 1 N–H and O–H groups in total.